The Morgan fingerprint density at radius 1 is 1.37 bits per heavy atom. The zero-order valence-corrected chi connectivity index (χ0v) is 23.7. The number of aliphatic hydroxyl groups is 1. The molecule has 1 aliphatic heterocycles. The van der Waals surface area contributed by atoms with E-state index in [-0.39, 0.29) is 12.0 Å². The van der Waals surface area contributed by atoms with Crippen LogP contribution in [0.4, 0.5) is 5.69 Å². The number of carbonyl (C=O) groups excluding carboxylic acids is 1. The van der Waals surface area contributed by atoms with E-state index in [9.17, 15) is 28.9 Å². The molecule has 1 aliphatic rings. The third-order valence-electron chi connectivity index (χ3n) is 5.60. The Morgan fingerprint density at radius 3 is 2.63 bits per heavy atom. The van der Waals surface area contributed by atoms with Crippen LogP contribution in [0.3, 0.4) is 0 Å². The van der Waals surface area contributed by atoms with Crippen LogP contribution in [0.2, 0.25) is 5.02 Å². The summed E-state index contributed by atoms with van der Waals surface area (Å²) in [5, 5.41) is 12.0. The summed E-state index contributed by atoms with van der Waals surface area (Å²) in [7, 11) is -3.67. The molecule has 3 N–H and O–H groups in total. The molecule has 2 aromatic rings. The number of halogens is 2. The third kappa shape index (κ3) is 7.01. The van der Waals surface area contributed by atoms with Crippen LogP contribution in [0, 0.1) is 0 Å². The fraction of sp³-hybridized carbons (Fsp3) is 0.409. The van der Waals surface area contributed by atoms with Gasteiger partial charge in [-0.1, -0.05) is 27.5 Å². The molecular formula is C22H26BrClN3O10P. The minimum atomic E-state index is -4.97. The van der Waals surface area contributed by atoms with Gasteiger partial charge in [0.1, 0.15) is 12.3 Å². The van der Waals surface area contributed by atoms with Gasteiger partial charge >= 0.3 is 19.5 Å². The molecule has 38 heavy (non-hydrogen) atoms. The molecule has 0 amide bonds. The maximum atomic E-state index is 12.8. The highest BCUT2D eigenvalue weighted by atomic mass is 79.9. The second-order valence-electron chi connectivity index (χ2n) is 8.63. The van der Waals surface area contributed by atoms with Gasteiger partial charge in [-0.2, -0.15) is 0 Å². The van der Waals surface area contributed by atoms with Crippen LogP contribution in [-0.2, 0) is 28.0 Å². The van der Waals surface area contributed by atoms with Crippen LogP contribution in [0.5, 0.6) is 0 Å². The summed E-state index contributed by atoms with van der Waals surface area (Å²) in [6, 6.07) is 6.31. The molecule has 1 fully saturated rings. The number of hydroxylamine groups is 1. The number of H-pyrrole nitrogens is 1. The largest absolute Gasteiger partial charge is 0.529 e. The number of ether oxygens (including phenoxy) is 1. The summed E-state index contributed by atoms with van der Waals surface area (Å²) in [6.07, 6.45) is -0.761. The van der Waals surface area contributed by atoms with Gasteiger partial charge in [-0.05, 0) is 49.2 Å². The Labute approximate surface area is 230 Å². The second kappa shape index (κ2) is 12.3. The Hall–Kier alpha value is -2.29. The van der Waals surface area contributed by atoms with Crippen molar-refractivity contribution in [3.05, 3.63) is 66.9 Å². The minimum absolute atomic E-state index is 0.0795. The van der Waals surface area contributed by atoms with Gasteiger partial charge in [0.15, 0.2) is 5.54 Å². The van der Waals surface area contributed by atoms with Gasteiger partial charge in [0, 0.05) is 17.6 Å². The molecular weight excluding hydrogens is 613 g/mol. The number of nitrogens with one attached hydrogen (secondary N) is 1. The van der Waals surface area contributed by atoms with Crippen LogP contribution in [0.15, 0.2) is 45.0 Å². The summed E-state index contributed by atoms with van der Waals surface area (Å²) in [4.78, 5) is 56.0. The number of aliphatic hydroxyl groups excluding tert-OH is 1. The van der Waals surface area contributed by atoms with Crippen molar-refractivity contribution in [2.24, 2.45) is 0 Å². The van der Waals surface area contributed by atoms with Crippen molar-refractivity contribution in [2.45, 2.75) is 44.2 Å². The molecule has 208 valence electrons. The van der Waals surface area contributed by atoms with Gasteiger partial charge in [0.2, 0.25) is 0 Å². The number of hydrogen-bond donors (Lipinski definition) is 3. The highest BCUT2D eigenvalue weighted by Gasteiger charge is 2.43. The lowest BCUT2D eigenvalue weighted by Crippen LogP contribution is -2.50. The molecule has 3 rings (SSSR count). The summed E-state index contributed by atoms with van der Waals surface area (Å²) in [5.74, 6) is -1.14. The lowest BCUT2D eigenvalue weighted by molar-refractivity contribution is -0.144. The monoisotopic (exact) mass is 637 g/mol. The van der Waals surface area contributed by atoms with Crippen molar-refractivity contribution >= 4 is 53.1 Å². The molecule has 0 radical (unpaired) electrons. The first-order valence-corrected chi connectivity index (χ1v) is 13.8. The predicted molar refractivity (Wildman–Crippen MR) is 141 cm³/mol. The van der Waals surface area contributed by atoms with E-state index in [2.05, 4.69) is 20.9 Å². The molecule has 0 saturated carbocycles. The molecule has 0 spiro atoms. The summed E-state index contributed by atoms with van der Waals surface area (Å²) in [5.41, 5.74) is -2.39. The quantitative estimate of drug-likeness (QED) is 0.258. The van der Waals surface area contributed by atoms with Crippen molar-refractivity contribution < 1.29 is 38.0 Å². The highest BCUT2D eigenvalue weighted by Crippen LogP contribution is 2.46. The number of rotatable bonds is 10. The number of benzene rings is 1. The number of phosphoric acid groups is 1. The molecule has 2 heterocycles. The number of aromatic amines is 1. The zero-order chi connectivity index (χ0) is 28.3. The zero-order valence-electron chi connectivity index (χ0n) is 20.4. The SMILES string of the molecule is CON(c1ccc(Cl)cc1)C(C)(C)C(=O)OP(=O)(O)OC[C@H]1O[C@@H](n2cc(/C=C/Br)c(=O)[nH]c2=O)C[C@@H]1O. The van der Waals surface area contributed by atoms with E-state index in [0.717, 1.165) is 4.57 Å². The summed E-state index contributed by atoms with van der Waals surface area (Å²) >= 11 is 8.95. The number of carbonyl (C=O) groups is 1. The lowest BCUT2D eigenvalue weighted by Gasteiger charge is -2.35. The first-order valence-electron chi connectivity index (χ1n) is 11.1. The van der Waals surface area contributed by atoms with E-state index in [4.69, 9.17) is 30.2 Å². The number of aromatic nitrogens is 2. The maximum absolute atomic E-state index is 12.8. The van der Waals surface area contributed by atoms with Gasteiger partial charge in [-0.25, -0.2) is 19.2 Å². The van der Waals surface area contributed by atoms with Crippen LogP contribution in [0.25, 0.3) is 6.08 Å². The van der Waals surface area contributed by atoms with Gasteiger partial charge in [-0.3, -0.25) is 28.6 Å². The van der Waals surface area contributed by atoms with Crippen molar-refractivity contribution in [1.82, 2.24) is 9.55 Å². The Morgan fingerprint density at radius 2 is 2.03 bits per heavy atom. The molecule has 13 nitrogen and oxygen atoms in total. The van der Waals surface area contributed by atoms with E-state index in [1.807, 2.05) is 0 Å². The number of hydrogen-bond acceptors (Lipinski definition) is 10. The van der Waals surface area contributed by atoms with Crippen LogP contribution in [-0.4, -0.2) is 57.0 Å². The van der Waals surface area contributed by atoms with Gasteiger partial charge < -0.3 is 14.4 Å². The highest BCUT2D eigenvalue weighted by molar-refractivity contribution is 9.11. The van der Waals surface area contributed by atoms with E-state index >= 15 is 0 Å². The second-order valence-corrected chi connectivity index (χ2v) is 11.0. The fourth-order valence-electron chi connectivity index (χ4n) is 3.66. The van der Waals surface area contributed by atoms with Crippen LogP contribution >= 0.6 is 35.4 Å². The first-order chi connectivity index (χ1) is 17.8. The lowest BCUT2D eigenvalue weighted by atomic mass is 10.1. The molecule has 0 bridgehead atoms. The predicted octanol–water partition coefficient (Wildman–Crippen LogP) is 2.71. The molecule has 1 unspecified atom stereocenters. The van der Waals surface area contributed by atoms with Crippen molar-refractivity contribution in [3.63, 3.8) is 0 Å². The average Bonchev–Trinajstić information content (AvgIpc) is 3.21. The first kappa shape index (κ1) is 30.3. The summed E-state index contributed by atoms with van der Waals surface area (Å²) in [6.45, 7) is 2.17. The van der Waals surface area contributed by atoms with E-state index in [1.54, 1.807) is 24.3 Å². The molecule has 0 aliphatic carbocycles. The van der Waals surface area contributed by atoms with E-state index in [1.165, 1.54) is 43.3 Å². The maximum Gasteiger partial charge on any atom is 0.529 e. The number of phosphoric ester groups is 1. The van der Waals surface area contributed by atoms with Crippen molar-refractivity contribution in [3.8, 4) is 0 Å². The fourth-order valence-corrected chi connectivity index (χ4v) is 4.90. The molecule has 1 saturated heterocycles. The average molecular weight is 639 g/mol. The standard InChI is InChI=1S/C22H26BrClN3O10P/c1-22(2,27(34-3)15-6-4-14(24)5-7-15)20(30)37-38(32,33)35-12-17-16(28)10-18(36-17)26-11-13(8-9-23)19(29)25-21(26)31/h4-9,11,16-18,28H,10,12H2,1-3H3,(H,32,33)(H,25,29,31)/b9-8+/t16-,17+,18+/m0/s1. The topological polar surface area (TPSA) is 170 Å². The Bertz CT molecular complexity index is 1350. The molecule has 4 atom stereocenters. The van der Waals surface area contributed by atoms with Crippen molar-refractivity contribution in [1.29, 1.82) is 0 Å². The van der Waals surface area contributed by atoms with Crippen LogP contribution < -0.4 is 16.3 Å². The Balaban J connectivity index is 1.66. The number of anilines is 1. The van der Waals surface area contributed by atoms with Crippen molar-refractivity contribution in [2.75, 3.05) is 18.8 Å². The van der Waals surface area contributed by atoms with Crippen LogP contribution in [0.1, 0.15) is 32.1 Å². The molecule has 1 aromatic carbocycles. The summed E-state index contributed by atoms with van der Waals surface area (Å²) < 4.78 is 28.9. The minimum Gasteiger partial charge on any atom is -0.390 e. The van der Waals surface area contributed by atoms with E-state index < -0.39 is 55.6 Å². The van der Waals surface area contributed by atoms with Gasteiger partial charge in [0.25, 0.3) is 5.56 Å². The van der Waals surface area contributed by atoms with E-state index in [0.29, 0.717) is 10.7 Å². The van der Waals surface area contributed by atoms with Gasteiger partial charge in [0.05, 0.1) is 31.1 Å². The molecule has 1 aromatic heterocycles. The normalized spacial score (nSPS) is 21.4. The van der Waals surface area contributed by atoms with Gasteiger partial charge in [-0.15, -0.1) is 0 Å². The third-order valence-corrected chi connectivity index (χ3v) is 6.99. The molecule has 16 heteroatoms. The Kier molecular flexibility index (Phi) is 9.76. The smallest absolute Gasteiger partial charge is 0.390 e. The number of nitrogens with zero attached hydrogens (tertiary/aromatic N) is 2.